The molecule has 1 aromatic heterocycles. The van der Waals surface area contributed by atoms with Crippen LogP contribution in [-0.4, -0.2) is 30.6 Å². The Morgan fingerprint density at radius 3 is 3.05 bits per heavy atom. The van der Waals surface area contributed by atoms with Crippen molar-refractivity contribution in [3.05, 3.63) is 53.9 Å². The highest BCUT2D eigenvalue weighted by molar-refractivity contribution is 5.93. The van der Waals surface area contributed by atoms with Gasteiger partial charge in [-0.05, 0) is 23.8 Å². The molecule has 5 heteroatoms. The molecule has 0 radical (unpaired) electrons. The van der Waals surface area contributed by atoms with Gasteiger partial charge in [0.15, 0.2) is 0 Å². The van der Waals surface area contributed by atoms with E-state index in [4.69, 9.17) is 4.74 Å². The summed E-state index contributed by atoms with van der Waals surface area (Å²) < 4.78 is 5.79. The van der Waals surface area contributed by atoms with Gasteiger partial charge in [-0.25, -0.2) is 0 Å². The molecular weight excluding hydrogens is 266 g/mol. The Balaban J connectivity index is 1.57. The highest BCUT2D eigenvalue weighted by Gasteiger charge is 2.22. The standard InChI is InChI=1S/C16H17N3O2/c1-17-12-6-7-18-14(9-12)16(20)19-10-13-8-11-4-2-3-5-15(11)21-13/h2-7,9,13H,8,10H2,1H3,(H,17,18)(H,19,20). The molecule has 1 aromatic carbocycles. The smallest absolute Gasteiger partial charge is 0.270 e. The molecule has 108 valence electrons. The van der Waals surface area contributed by atoms with Crippen LogP contribution in [0.15, 0.2) is 42.6 Å². The molecule has 1 aliphatic heterocycles. The Kier molecular flexibility index (Phi) is 3.73. The van der Waals surface area contributed by atoms with Gasteiger partial charge in [0.05, 0.1) is 6.54 Å². The predicted molar refractivity (Wildman–Crippen MR) is 80.7 cm³/mol. The first-order valence-corrected chi connectivity index (χ1v) is 6.93. The lowest BCUT2D eigenvalue weighted by Crippen LogP contribution is -2.34. The number of fused-ring (bicyclic) bond motifs is 1. The van der Waals surface area contributed by atoms with Crippen LogP contribution in [0.5, 0.6) is 5.75 Å². The van der Waals surface area contributed by atoms with Gasteiger partial charge in [0.1, 0.15) is 17.5 Å². The number of hydrogen-bond acceptors (Lipinski definition) is 4. The minimum Gasteiger partial charge on any atom is -0.488 e. The molecule has 21 heavy (non-hydrogen) atoms. The fraction of sp³-hybridized carbons (Fsp3) is 0.250. The van der Waals surface area contributed by atoms with Crippen LogP contribution in [0.3, 0.4) is 0 Å². The lowest BCUT2D eigenvalue weighted by molar-refractivity contribution is 0.0928. The molecule has 2 heterocycles. The lowest BCUT2D eigenvalue weighted by atomic mass is 10.1. The van der Waals surface area contributed by atoms with Crippen LogP contribution >= 0.6 is 0 Å². The molecule has 0 saturated carbocycles. The summed E-state index contributed by atoms with van der Waals surface area (Å²) in [6.45, 7) is 0.471. The van der Waals surface area contributed by atoms with Crippen molar-refractivity contribution in [2.24, 2.45) is 0 Å². The van der Waals surface area contributed by atoms with Crippen LogP contribution in [0.1, 0.15) is 16.1 Å². The van der Waals surface area contributed by atoms with Gasteiger partial charge in [0.2, 0.25) is 0 Å². The van der Waals surface area contributed by atoms with E-state index in [1.807, 2.05) is 24.3 Å². The van der Waals surface area contributed by atoms with Gasteiger partial charge in [-0.3, -0.25) is 9.78 Å². The summed E-state index contributed by atoms with van der Waals surface area (Å²) in [6, 6.07) is 11.5. The molecule has 2 aromatic rings. The first-order valence-electron chi connectivity index (χ1n) is 6.93. The summed E-state index contributed by atoms with van der Waals surface area (Å²) in [5, 5.41) is 5.86. The van der Waals surface area contributed by atoms with E-state index in [2.05, 4.69) is 21.7 Å². The van der Waals surface area contributed by atoms with Crippen LogP contribution < -0.4 is 15.4 Å². The topological polar surface area (TPSA) is 63.2 Å². The number of nitrogens with one attached hydrogen (secondary N) is 2. The summed E-state index contributed by atoms with van der Waals surface area (Å²) in [5.74, 6) is 0.721. The van der Waals surface area contributed by atoms with Crippen LogP contribution in [0.4, 0.5) is 5.69 Å². The Morgan fingerprint density at radius 1 is 1.38 bits per heavy atom. The van der Waals surface area contributed by atoms with E-state index in [0.717, 1.165) is 17.9 Å². The van der Waals surface area contributed by atoms with E-state index in [1.165, 1.54) is 5.56 Å². The van der Waals surface area contributed by atoms with Crippen LogP contribution in [-0.2, 0) is 6.42 Å². The highest BCUT2D eigenvalue weighted by atomic mass is 16.5. The SMILES string of the molecule is CNc1ccnc(C(=O)NCC2Cc3ccccc3O2)c1. The molecule has 0 aliphatic carbocycles. The van der Waals surface area contributed by atoms with Crippen molar-refractivity contribution in [3.63, 3.8) is 0 Å². The molecule has 5 nitrogen and oxygen atoms in total. The maximum absolute atomic E-state index is 12.1. The molecular formula is C16H17N3O2. The molecule has 0 bridgehead atoms. The Bertz CT molecular complexity index is 632. The average molecular weight is 283 g/mol. The number of nitrogens with zero attached hydrogens (tertiary/aromatic N) is 1. The van der Waals surface area contributed by atoms with Gasteiger partial charge in [0.25, 0.3) is 5.91 Å². The van der Waals surface area contributed by atoms with E-state index in [1.54, 1.807) is 19.3 Å². The van der Waals surface area contributed by atoms with E-state index in [-0.39, 0.29) is 12.0 Å². The number of carbonyl (C=O) groups is 1. The van der Waals surface area contributed by atoms with Gasteiger partial charge in [-0.1, -0.05) is 18.2 Å². The molecule has 2 N–H and O–H groups in total. The second-order valence-electron chi connectivity index (χ2n) is 4.94. The Hall–Kier alpha value is -2.56. The van der Waals surface area contributed by atoms with E-state index in [0.29, 0.717) is 12.2 Å². The van der Waals surface area contributed by atoms with Crippen LogP contribution in [0.25, 0.3) is 0 Å². The van der Waals surface area contributed by atoms with Crippen molar-refractivity contribution < 1.29 is 9.53 Å². The summed E-state index contributed by atoms with van der Waals surface area (Å²) in [6.07, 6.45) is 2.42. The third kappa shape index (κ3) is 2.97. The predicted octanol–water partition coefficient (Wildman–Crippen LogP) is 1.86. The Labute approximate surface area is 123 Å². The highest BCUT2D eigenvalue weighted by Crippen LogP contribution is 2.27. The summed E-state index contributed by atoms with van der Waals surface area (Å²) in [7, 11) is 1.81. The van der Waals surface area contributed by atoms with Crippen molar-refractivity contribution in [2.75, 3.05) is 18.9 Å². The van der Waals surface area contributed by atoms with Crippen molar-refractivity contribution in [1.82, 2.24) is 10.3 Å². The first kappa shape index (κ1) is 13.4. The molecule has 1 atom stereocenters. The minimum absolute atomic E-state index is 0.0150. The fourth-order valence-corrected chi connectivity index (χ4v) is 2.38. The molecule has 1 aliphatic rings. The maximum Gasteiger partial charge on any atom is 0.270 e. The second kappa shape index (κ2) is 5.83. The zero-order valence-electron chi connectivity index (χ0n) is 11.8. The molecule has 3 rings (SSSR count). The largest absolute Gasteiger partial charge is 0.488 e. The number of rotatable bonds is 4. The molecule has 1 unspecified atom stereocenters. The van der Waals surface area contributed by atoms with Gasteiger partial charge in [0, 0.05) is 25.4 Å². The van der Waals surface area contributed by atoms with Crippen molar-refractivity contribution in [2.45, 2.75) is 12.5 Å². The van der Waals surface area contributed by atoms with Gasteiger partial charge in [-0.15, -0.1) is 0 Å². The fourth-order valence-electron chi connectivity index (χ4n) is 2.38. The number of carbonyl (C=O) groups excluding carboxylic acids is 1. The third-order valence-corrected chi connectivity index (χ3v) is 3.49. The second-order valence-corrected chi connectivity index (χ2v) is 4.94. The van der Waals surface area contributed by atoms with Crippen molar-refractivity contribution in [1.29, 1.82) is 0 Å². The Morgan fingerprint density at radius 2 is 2.24 bits per heavy atom. The normalized spacial score (nSPS) is 16.0. The van der Waals surface area contributed by atoms with Gasteiger partial charge in [-0.2, -0.15) is 0 Å². The number of amides is 1. The third-order valence-electron chi connectivity index (χ3n) is 3.49. The lowest BCUT2D eigenvalue weighted by Gasteiger charge is -2.12. The first-order chi connectivity index (χ1) is 10.3. The number of aromatic nitrogens is 1. The van der Waals surface area contributed by atoms with E-state index in [9.17, 15) is 4.79 Å². The van der Waals surface area contributed by atoms with Gasteiger partial charge < -0.3 is 15.4 Å². The summed E-state index contributed by atoms with van der Waals surface area (Å²) in [5.41, 5.74) is 2.45. The minimum atomic E-state index is -0.188. The molecule has 0 fully saturated rings. The quantitative estimate of drug-likeness (QED) is 0.899. The zero-order valence-corrected chi connectivity index (χ0v) is 11.8. The summed E-state index contributed by atoms with van der Waals surface area (Å²) >= 11 is 0. The average Bonchev–Trinajstić information content (AvgIpc) is 2.95. The van der Waals surface area contributed by atoms with Crippen LogP contribution in [0, 0.1) is 0 Å². The number of hydrogen-bond donors (Lipinski definition) is 2. The number of ether oxygens (including phenoxy) is 1. The van der Waals surface area contributed by atoms with Gasteiger partial charge >= 0.3 is 0 Å². The van der Waals surface area contributed by atoms with Crippen molar-refractivity contribution in [3.8, 4) is 5.75 Å². The number of pyridine rings is 1. The number of para-hydroxylation sites is 1. The number of anilines is 1. The van der Waals surface area contributed by atoms with Crippen molar-refractivity contribution >= 4 is 11.6 Å². The zero-order chi connectivity index (χ0) is 14.7. The molecule has 0 saturated heterocycles. The summed E-state index contributed by atoms with van der Waals surface area (Å²) in [4.78, 5) is 16.2. The van der Waals surface area contributed by atoms with Crippen LogP contribution in [0.2, 0.25) is 0 Å². The molecule has 1 amide bonds. The molecule has 0 spiro atoms. The maximum atomic E-state index is 12.1. The monoisotopic (exact) mass is 283 g/mol. The van der Waals surface area contributed by atoms with E-state index < -0.39 is 0 Å². The number of benzene rings is 1. The van der Waals surface area contributed by atoms with E-state index >= 15 is 0 Å².